The summed E-state index contributed by atoms with van der Waals surface area (Å²) in [5, 5.41) is 7.39. The van der Waals surface area contributed by atoms with E-state index in [1.54, 1.807) is 12.3 Å². The Morgan fingerprint density at radius 1 is 1.32 bits per heavy atom. The molecule has 19 heavy (non-hydrogen) atoms. The standard InChI is InChI=1S/C14H17F2N3/c1-3-19-9-11(8-18-19)14(17-2)7-10-4-5-12(15)13(16)6-10/h4-6,8-9,14,17H,3,7H2,1-2H3. The van der Waals surface area contributed by atoms with Crippen molar-refractivity contribution < 1.29 is 8.78 Å². The smallest absolute Gasteiger partial charge is 0.159 e. The van der Waals surface area contributed by atoms with E-state index in [2.05, 4.69) is 10.4 Å². The molecule has 2 rings (SSSR count). The maximum atomic E-state index is 13.2. The molecule has 0 bridgehead atoms. The monoisotopic (exact) mass is 265 g/mol. The second-order valence-corrected chi connectivity index (χ2v) is 4.42. The van der Waals surface area contributed by atoms with Gasteiger partial charge in [0, 0.05) is 24.3 Å². The number of hydrogen-bond acceptors (Lipinski definition) is 2. The normalized spacial score (nSPS) is 12.6. The number of aromatic nitrogens is 2. The predicted octanol–water partition coefficient (Wildman–Crippen LogP) is 2.68. The van der Waals surface area contributed by atoms with E-state index in [1.165, 1.54) is 6.07 Å². The lowest BCUT2D eigenvalue weighted by Gasteiger charge is -2.14. The van der Waals surface area contributed by atoms with Gasteiger partial charge in [0.15, 0.2) is 11.6 Å². The Balaban J connectivity index is 2.16. The summed E-state index contributed by atoms with van der Waals surface area (Å²) in [5.41, 5.74) is 1.79. The number of benzene rings is 1. The molecule has 2 aromatic rings. The molecule has 5 heteroatoms. The molecule has 0 saturated heterocycles. The van der Waals surface area contributed by atoms with Crippen LogP contribution in [0.1, 0.15) is 24.1 Å². The summed E-state index contributed by atoms with van der Waals surface area (Å²) >= 11 is 0. The van der Waals surface area contributed by atoms with Crippen LogP contribution in [-0.4, -0.2) is 16.8 Å². The Bertz CT molecular complexity index is 551. The van der Waals surface area contributed by atoms with Gasteiger partial charge in [-0.1, -0.05) is 6.07 Å². The van der Waals surface area contributed by atoms with Crippen LogP contribution in [0.2, 0.25) is 0 Å². The van der Waals surface area contributed by atoms with Crippen molar-refractivity contribution >= 4 is 0 Å². The van der Waals surface area contributed by atoms with Crippen LogP contribution in [0.4, 0.5) is 8.78 Å². The molecule has 0 saturated carbocycles. The minimum atomic E-state index is -0.816. The van der Waals surface area contributed by atoms with E-state index in [9.17, 15) is 8.78 Å². The van der Waals surface area contributed by atoms with Crippen molar-refractivity contribution in [2.45, 2.75) is 25.9 Å². The van der Waals surface area contributed by atoms with Crippen molar-refractivity contribution in [3.05, 3.63) is 53.4 Å². The number of rotatable bonds is 5. The van der Waals surface area contributed by atoms with E-state index in [-0.39, 0.29) is 6.04 Å². The predicted molar refractivity (Wildman–Crippen MR) is 69.8 cm³/mol. The van der Waals surface area contributed by atoms with Gasteiger partial charge in [0.05, 0.1) is 6.20 Å². The Hall–Kier alpha value is -1.75. The minimum absolute atomic E-state index is 0.0326. The van der Waals surface area contributed by atoms with Gasteiger partial charge in [0.2, 0.25) is 0 Å². The quantitative estimate of drug-likeness (QED) is 0.900. The van der Waals surface area contributed by atoms with Crippen LogP contribution >= 0.6 is 0 Å². The summed E-state index contributed by atoms with van der Waals surface area (Å²) in [6.07, 6.45) is 4.34. The zero-order valence-electron chi connectivity index (χ0n) is 11.0. The largest absolute Gasteiger partial charge is 0.313 e. The van der Waals surface area contributed by atoms with Crippen LogP contribution in [0.5, 0.6) is 0 Å². The van der Waals surface area contributed by atoms with Gasteiger partial charge in [-0.15, -0.1) is 0 Å². The molecule has 0 amide bonds. The molecular weight excluding hydrogens is 248 g/mol. The molecule has 0 aliphatic rings. The van der Waals surface area contributed by atoms with E-state index in [4.69, 9.17) is 0 Å². The van der Waals surface area contributed by atoms with Crippen molar-refractivity contribution in [2.75, 3.05) is 7.05 Å². The summed E-state index contributed by atoms with van der Waals surface area (Å²) in [4.78, 5) is 0. The lowest BCUT2D eigenvalue weighted by molar-refractivity contribution is 0.504. The molecule has 1 unspecified atom stereocenters. The highest BCUT2D eigenvalue weighted by molar-refractivity contribution is 5.22. The van der Waals surface area contributed by atoms with Gasteiger partial charge < -0.3 is 5.32 Å². The molecule has 102 valence electrons. The third-order valence-corrected chi connectivity index (χ3v) is 3.15. The van der Waals surface area contributed by atoms with Crippen LogP contribution < -0.4 is 5.32 Å². The van der Waals surface area contributed by atoms with Gasteiger partial charge in [-0.3, -0.25) is 4.68 Å². The molecule has 0 aliphatic carbocycles. The first-order valence-electron chi connectivity index (χ1n) is 6.27. The molecule has 1 aromatic heterocycles. The third-order valence-electron chi connectivity index (χ3n) is 3.15. The van der Waals surface area contributed by atoms with E-state index < -0.39 is 11.6 Å². The maximum absolute atomic E-state index is 13.2. The molecule has 1 aromatic carbocycles. The molecule has 0 fully saturated rings. The average molecular weight is 265 g/mol. The third kappa shape index (κ3) is 3.17. The maximum Gasteiger partial charge on any atom is 0.159 e. The van der Waals surface area contributed by atoms with Gasteiger partial charge in [-0.25, -0.2) is 8.78 Å². The highest BCUT2D eigenvalue weighted by Gasteiger charge is 2.13. The minimum Gasteiger partial charge on any atom is -0.313 e. The fourth-order valence-electron chi connectivity index (χ4n) is 2.02. The Labute approximate surface area is 111 Å². The van der Waals surface area contributed by atoms with Gasteiger partial charge in [0.25, 0.3) is 0 Å². The topological polar surface area (TPSA) is 29.9 Å². The van der Waals surface area contributed by atoms with Crippen molar-refractivity contribution in [3.63, 3.8) is 0 Å². The Kier molecular flexibility index (Phi) is 4.27. The summed E-state index contributed by atoms with van der Waals surface area (Å²) in [6.45, 7) is 2.82. The summed E-state index contributed by atoms with van der Waals surface area (Å²) in [7, 11) is 1.84. The molecule has 1 atom stereocenters. The molecule has 1 heterocycles. The van der Waals surface area contributed by atoms with Crippen molar-refractivity contribution in [1.29, 1.82) is 0 Å². The fraction of sp³-hybridized carbons (Fsp3) is 0.357. The zero-order valence-corrected chi connectivity index (χ0v) is 11.0. The molecule has 0 spiro atoms. The van der Waals surface area contributed by atoms with Crippen LogP contribution in [0.15, 0.2) is 30.6 Å². The van der Waals surface area contributed by atoms with Crippen LogP contribution in [0.3, 0.4) is 0 Å². The Morgan fingerprint density at radius 3 is 2.68 bits per heavy atom. The number of nitrogens with one attached hydrogen (secondary N) is 1. The van der Waals surface area contributed by atoms with Crippen molar-refractivity contribution in [2.24, 2.45) is 0 Å². The summed E-state index contributed by atoms with van der Waals surface area (Å²) < 4.78 is 27.9. The van der Waals surface area contributed by atoms with Crippen LogP contribution in [0, 0.1) is 11.6 Å². The molecule has 3 nitrogen and oxygen atoms in total. The van der Waals surface area contributed by atoms with Crippen LogP contribution in [0.25, 0.3) is 0 Å². The molecular formula is C14H17F2N3. The summed E-state index contributed by atoms with van der Waals surface area (Å²) in [6, 6.07) is 4.04. The molecule has 1 N–H and O–H groups in total. The second kappa shape index (κ2) is 5.93. The Morgan fingerprint density at radius 2 is 2.11 bits per heavy atom. The number of likely N-dealkylation sites (N-methyl/N-ethyl adjacent to an activating group) is 1. The lowest BCUT2D eigenvalue weighted by atomic mass is 10.0. The average Bonchev–Trinajstić information content (AvgIpc) is 2.88. The van der Waals surface area contributed by atoms with Gasteiger partial charge in [-0.05, 0) is 38.1 Å². The highest BCUT2D eigenvalue weighted by atomic mass is 19.2. The fourth-order valence-corrected chi connectivity index (χ4v) is 2.02. The van der Waals surface area contributed by atoms with E-state index in [1.807, 2.05) is 24.9 Å². The first kappa shape index (κ1) is 13.7. The van der Waals surface area contributed by atoms with Gasteiger partial charge in [-0.2, -0.15) is 5.10 Å². The van der Waals surface area contributed by atoms with Gasteiger partial charge >= 0.3 is 0 Å². The first-order valence-corrected chi connectivity index (χ1v) is 6.27. The number of nitrogens with zero attached hydrogens (tertiary/aromatic N) is 2. The van der Waals surface area contributed by atoms with E-state index >= 15 is 0 Å². The molecule has 0 radical (unpaired) electrons. The van der Waals surface area contributed by atoms with E-state index in [0.717, 1.165) is 23.7 Å². The summed E-state index contributed by atoms with van der Waals surface area (Å²) in [5.74, 6) is -1.62. The number of hydrogen-bond donors (Lipinski definition) is 1. The van der Waals surface area contributed by atoms with E-state index in [0.29, 0.717) is 6.42 Å². The van der Waals surface area contributed by atoms with Crippen LogP contribution in [-0.2, 0) is 13.0 Å². The van der Waals surface area contributed by atoms with Crippen molar-refractivity contribution in [3.8, 4) is 0 Å². The number of aryl methyl sites for hydroxylation is 1. The van der Waals surface area contributed by atoms with Crippen molar-refractivity contribution in [1.82, 2.24) is 15.1 Å². The first-order chi connectivity index (χ1) is 9.13. The zero-order chi connectivity index (χ0) is 13.8. The SMILES string of the molecule is CCn1cc(C(Cc2ccc(F)c(F)c2)NC)cn1. The molecule has 0 aliphatic heterocycles. The lowest BCUT2D eigenvalue weighted by Crippen LogP contribution is -2.18. The number of halogens is 2. The highest BCUT2D eigenvalue weighted by Crippen LogP contribution is 2.19. The van der Waals surface area contributed by atoms with Gasteiger partial charge in [0.1, 0.15) is 0 Å². The second-order valence-electron chi connectivity index (χ2n) is 4.42.